The van der Waals surface area contributed by atoms with Gasteiger partial charge in [-0.1, -0.05) is 0 Å². The molecule has 2 fully saturated rings. The van der Waals surface area contributed by atoms with Gasteiger partial charge in [-0.25, -0.2) is 0 Å². The molecule has 2 atom stereocenters. The lowest BCUT2D eigenvalue weighted by atomic mass is 9.78. The SMILES string of the molecule is O=C(O)C1CC1C1(c2cc(Br)cs2)COC1. The van der Waals surface area contributed by atoms with E-state index in [1.165, 1.54) is 4.88 Å². The standard InChI is InChI=1S/C11H11BrO3S/c12-6-1-9(16-3-6)11(4-15-5-11)8-2-7(8)10(13)14/h1,3,7-8H,2,4-5H2,(H,13,14). The second-order valence-corrected chi connectivity index (χ2v) is 6.39. The molecule has 2 unspecified atom stereocenters. The van der Waals surface area contributed by atoms with Gasteiger partial charge in [0.2, 0.25) is 0 Å². The first-order valence-electron chi connectivity index (χ1n) is 5.18. The molecule has 1 N–H and O–H groups in total. The number of hydrogen-bond donors (Lipinski definition) is 1. The van der Waals surface area contributed by atoms with Crippen LogP contribution in [0.3, 0.4) is 0 Å². The Morgan fingerprint density at radius 3 is 2.75 bits per heavy atom. The predicted molar refractivity (Wildman–Crippen MR) is 63.7 cm³/mol. The second-order valence-electron chi connectivity index (χ2n) is 4.57. The van der Waals surface area contributed by atoms with Crippen LogP contribution >= 0.6 is 27.3 Å². The van der Waals surface area contributed by atoms with Crippen LogP contribution < -0.4 is 0 Å². The van der Waals surface area contributed by atoms with Crippen molar-refractivity contribution in [3.8, 4) is 0 Å². The third-order valence-corrected chi connectivity index (χ3v) is 5.51. The fraction of sp³-hybridized carbons (Fsp3) is 0.545. The van der Waals surface area contributed by atoms with Gasteiger partial charge in [0.25, 0.3) is 0 Å². The molecule has 1 aromatic heterocycles. The molecule has 1 saturated carbocycles. The highest BCUT2D eigenvalue weighted by molar-refractivity contribution is 9.10. The maximum atomic E-state index is 10.9. The van der Waals surface area contributed by atoms with Crippen molar-refractivity contribution in [1.82, 2.24) is 0 Å². The summed E-state index contributed by atoms with van der Waals surface area (Å²) in [6.07, 6.45) is 0.800. The molecule has 2 aliphatic rings. The van der Waals surface area contributed by atoms with Crippen molar-refractivity contribution in [2.45, 2.75) is 11.8 Å². The van der Waals surface area contributed by atoms with E-state index in [1.54, 1.807) is 11.3 Å². The van der Waals surface area contributed by atoms with Crippen LogP contribution in [0.2, 0.25) is 0 Å². The Bertz CT molecular complexity index is 438. The van der Waals surface area contributed by atoms with E-state index in [9.17, 15) is 4.79 Å². The molecule has 0 amide bonds. The fourth-order valence-corrected chi connectivity index (χ4v) is 4.18. The first kappa shape index (κ1) is 10.7. The molecular weight excluding hydrogens is 292 g/mol. The van der Waals surface area contributed by atoms with E-state index >= 15 is 0 Å². The largest absolute Gasteiger partial charge is 0.481 e. The van der Waals surface area contributed by atoms with Crippen LogP contribution in [0.25, 0.3) is 0 Å². The van der Waals surface area contributed by atoms with Gasteiger partial charge >= 0.3 is 5.97 Å². The smallest absolute Gasteiger partial charge is 0.306 e. The molecule has 2 heterocycles. The van der Waals surface area contributed by atoms with Crippen LogP contribution in [-0.2, 0) is 14.9 Å². The van der Waals surface area contributed by atoms with Gasteiger partial charge in [-0.2, -0.15) is 0 Å². The summed E-state index contributed by atoms with van der Waals surface area (Å²) in [4.78, 5) is 12.2. The second kappa shape index (κ2) is 3.55. The van der Waals surface area contributed by atoms with Crippen molar-refractivity contribution in [1.29, 1.82) is 0 Å². The summed E-state index contributed by atoms with van der Waals surface area (Å²) in [5, 5.41) is 11.1. The molecule has 3 rings (SSSR count). The van der Waals surface area contributed by atoms with E-state index in [2.05, 4.69) is 22.0 Å². The average Bonchev–Trinajstić information content (AvgIpc) is 2.83. The summed E-state index contributed by atoms with van der Waals surface area (Å²) >= 11 is 5.14. The minimum Gasteiger partial charge on any atom is -0.481 e. The van der Waals surface area contributed by atoms with Crippen LogP contribution in [0.4, 0.5) is 0 Å². The molecule has 16 heavy (non-hydrogen) atoms. The van der Waals surface area contributed by atoms with Gasteiger partial charge in [0.1, 0.15) is 0 Å². The summed E-state index contributed by atoms with van der Waals surface area (Å²) in [6.45, 7) is 1.35. The Kier molecular flexibility index (Phi) is 2.38. The predicted octanol–water partition coefficient (Wildman–Crippen LogP) is 2.50. The molecule has 0 spiro atoms. The van der Waals surface area contributed by atoms with E-state index in [1.807, 2.05) is 5.38 Å². The molecule has 1 aromatic rings. The third kappa shape index (κ3) is 1.45. The average molecular weight is 303 g/mol. The van der Waals surface area contributed by atoms with Gasteiger partial charge in [0, 0.05) is 14.7 Å². The molecule has 5 heteroatoms. The number of carbonyl (C=O) groups is 1. The number of carboxylic acids is 1. The summed E-state index contributed by atoms with van der Waals surface area (Å²) in [6, 6.07) is 2.10. The fourth-order valence-electron chi connectivity index (χ4n) is 2.51. The molecule has 0 radical (unpaired) electrons. The van der Waals surface area contributed by atoms with Crippen LogP contribution in [0, 0.1) is 11.8 Å². The zero-order valence-electron chi connectivity index (χ0n) is 8.48. The maximum Gasteiger partial charge on any atom is 0.306 e. The van der Waals surface area contributed by atoms with E-state index < -0.39 is 5.97 Å². The van der Waals surface area contributed by atoms with Crippen molar-refractivity contribution in [3.05, 3.63) is 20.8 Å². The number of halogens is 1. The summed E-state index contributed by atoms with van der Waals surface area (Å²) < 4.78 is 6.40. The first-order chi connectivity index (χ1) is 7.63. The number of carboxylic acid groups (broad SMARTS) is 1. The van der Waals surface area contributed by atoms with Crippen molar-refractivity contribution in [2.75, 3.05) is 13.2 Å². The number of thiophene rings is 1. The Labute approximate surface area is 106 Å². The van der Waals surface area contributed by atoms with Crippen molar-refractivity contribution in [2.24, 2.45) is 11.8 Å². The highest BCUT2D eigenvalue weighted by Gasteiger charge is 2.60. The Hall–Kier alpha value is -0.390. The number of ether oxygens (including phenoxy) is 1. The number of hydrogen-bond acceptors (Lipinski definition) is 3. The molecule has 1 aliphatic carbocycles. The van der Waals surface area contributed by atoms with Gasteiger partial charge < -0.3 is 9.84 Å². The minimum absolute atomic E-state index is 0.0141. The van der Waals surface area contributed by atoms with Crippen molar-refractivity contribution >= 4 is 33.2 Å². The zero-order chi connectivity index (χ0) is 11.3. The van der Waals surface area contributed by atoms with Gasteiger partial charge in [-0.3, -0.25) is 4.79 Å². The lowest BCUT2D eigenvalue weighted by Crippen LogP contribution is -2.48. The lowest BCUT2D eigenvalue weighted by molar-refractivity contribution is -0.140. The molecule has 1 aliphatic heterocycles. The van der Waals surface area contributed by atoms with Crippen LogP contribution in [0.5, 0.6) is 0 Å². The number of aliphatic carboxylic acids is 1. The molecule has 0 aromatic carbocycles. The van der Waals surface area contributed by atoms with Crippen LogP contribution in [-0.4, -0.2) is 24.3 Å². The number of rotatable bonds is 3. The summed E-state index contributed by atoms with van der Waals surface area (Å²) in [5.41, 5.74) is -0.0141. The highest BCUT2D eigenvalue weighted by Crippen LogP contribution is 2.57. The maximum absolute atomic E-state index is 10.9. The minimum atomic E-state index is -0.660. The topological polar surface area (TPSA) is 46.5 Å². The summed E-state index contributed by atoms with van der Waals surface area (Å²) in [7, 11) is 0. The summed E-state index contributed by atoms with van der Waals surface area (Å²) in [5.74, 6) is -0.555. The van der Waals surface area contributed by atoms with Crippen molar-refractivity contribution in [3.63, 3.8) is 0 Å². The van der Waals surface area contributed by atoms with E-state index in [-0.39, 0.29) is 17.3 Å². The van der Waals surface area contributed by atoms with E-state index in [0.717, 1.165) is 10.9 Å². The van der Waals surface area contributed by atoms with Crippen molar-refractivity contribution < 1.29 is 14.6 Å². The molecule has 1 saturated heterocycles. The van der Waals surface area contributed by atoms with Crippen LogP contribution in [0.15, 0.2) is 15.9 Å². The monoisotopic (exact) mass is 302 g/mol. The van der Waals surface area contributed by atoms with Gasteiger partial charge in [-0.15, -0.1) is 11.3 Å². The first-order valence-corrected chi connectivity index (χ1v) is 6.86. The Balaban J connectivity index is 1.87. The van der Waals surface area contributed by atoms with Gasteiger partial charge in [0.15, 0.2) is 0 Å². The Morgan fingerprint density at radius 1 is 1.62 bits per heavy atom. The molecular formula is C11H11BrO3S. The van der Waals surface area contributed by atoms with E-state index in [4.69, 9.17) is 9.84 Å². The highest BCUT2D eigenvalue weighted by atomic mass is 79.9. The van der Waals surface area contributed by atoms with Gasteiger partial charge in [-0.05, 0) is 34.3 Å². The zero-order valence-corrected chi connectivity index (χ0v) is 10.9. The molecule has 3 nitrogen and oxygen atoms in total. The normalized spacial score (nSPS) is 30.8. The lowest BCUT2D eigenvalue weighted by Gasteiger charge is -2.41. The van der Waals surface area contributed by atoms with E-state index in [0.29, 0.717) is 13.2 Å². The quantitative estimate of drug-likeness (QED) is 0.933. The Morgan fingerprint density at radius 2 is 2.38 bits per heavy atom. The molecule has 86 valence electrons. The van der Waals surface area contributed by atoms with Crippen LogP contribution in [0.1, 0.15) is 11.3 Å². The van der Waals surface area contributed by atoms with Gasteiger partial charge in [0.05, 0.1) is 24.5 Å². The third-order valence-electron chi connectivity index (χ3n) is 3.59. The molecule has 0 bridgehead atoms.